The van der Waals surface area contributed by atoms with Crippen molar-refractivity contribution in [2.45, 2.75) is 13.0 Å². The lowest BCUT2D eigenvalue weighted by atomic mass is 10.1. The molecule has 1 aromatic carbocycles. The molecule has 0 aliphatic rings. The summed E-state index contributed by atoms with van der Waals surface area (Å²) in [7, 11) is 0. The number of hydrogen-bond donors (Lipinski definition) is 1. The molecule has 0 unspecified atom stereocenters. The third-order valence-corrected chi connectivity index (χ3v) is 3.40. The van der Waals surface area contributed by atoms with Crippen LogP contribution in [-0.4, -0.2) is 25.1 Å². The maximum absolute atomic E-state index is 4.13. The van der Waals surface area contributed by atoms with Gasteiger partial charge in [-0.2, -0.15) is 5.10 Å². The van der Waals surface area contributed by atoms with Crippen molar-refractivity contribution in [2.24, 2.45) is 0 Å². The molecule has 0 amide bonds. The summed E-state index contributed by atoms with van der Waals surface area (Å²) >= 11 is 3.49. The van der Waals surface area contributed by atoms with E-state index in [1.807, 2.05) is 4.68 Å². The Bertz CT molecular complexity index is 642. The molecule has 0 spiro atoms. The maximum atomic E-state index is 4.13. The summed E-state index contributed by atoms with van der Waals surface area (Å²) in [5.41, 5.74) is 3.78. The van der Waals surface area contributed by atoms with Crippen LogP contribution in [-0.2, 0) is 13.0 Å². The minimum Gasteiger partial charge on any atom is -0.361 e. The number of rotatable bonds is 4. The third kappa shape index (κ3) is 2.18. The molecule has 4 nitrogen and oxygen atoms in total. The van der Waals surface area contributed by atoms with Gasteiger partial charge < -0.3 is 4.98 Å². The van der Waals surface area contributed by atoms with Crippen molar-refractivity contribution in [3.63, 3.8) is 0 Å². The zero-order chi connectivity index (χ0) is 12.4. The summed E-state index contributed by atoms with van der Waals surface area (Å²) in [6.07, 6.45) is 6.42. The zero-order valence-corrected chi connectivity index (χ0v) is 11.4. The first-order chi connectivity index (χ1) is 8.86. The highest BCUT2D eigenvalue weighted by atomic mass is 79.9. The van der Waals surface area contributed by atoms with Crippen LogP contribution >= 0.6 is 15.9 Å². The van der Waals surface area contributed by atoms with E-state index in [9.17, 15) is 0 Å². The number of nitrogens with zero attached hydrogens (tertiary/aromatic N) is 3. The highest BCUT2D eigenvalue weighted by Gasteiger charge is 2.04. The number of aromatic amines is 1. The van der Waals surface area contributed by atoms with Gasteiger partial charge in [0, 0.05) is 22.4 Å². The predicted octanol–water partition coefficient (Wildman–Crippen LogP) is 2.75. The van der Waals surface area contributed by atoms with Gasteiger partial charge in [-0.25, -0.2) is 9.67 Å². The second kappa shape index (κ2) is 4.94. The van der Waals surface area contributed by atoms with Crippen molar-refractivity contribution < 1.29 is 0 Å². The fourth-order valence-electron chi connectivity index (χ4n) is 2.13. The lowest BCUT2D eigenvalue weighted by Gasteiger charge is -2.02. The Balaban J connectivity index is 1.96. The van der Waals surface area contributed by atoms with Crippen molar-refractivity contribution >= 4 is 26.8 Å². The Hall–Kier alpha value is -1.62. The van der Waals surface area contributed by atoms with Crippen LogP contribution in [0.15, 0.2) is 37.1 Å². The highest BCUT2D eigenvalue weighted by Crippen LogP contribution is 2.21. The number of halogens is 1. The van der Waals surface area contributed by atoms with E-state index < -0.39 is 0 Å². The summed E-state index contributed by atoms with van der Waals surface area (Å²) in [4.78, 5) is 7.26. The van der Waals surface area contributed by atoms with Gasteiger partial charge in [-0.05, 0) is 29.7 Å². The van der Waals surface area contributed by atoms with Crippen LogP contribution < -0.4 is 0 Å². The van der Waals surface area contributed by atoms with Crippen LogP contribution in [0.1, 0.15) is 11.1 Å². The molecule has 3 aromatic rings. The van der Waals surface area contributed by atoms with Crippen LogP contribution in [0.4, 0.5) is 0 Å². The number of aromatic nitrogens is 4. The first-order valence-corrected chi connectivity index (χ1v) is 6.96. The lowest BCUT2D eigenvalue weighted by molar-refractivity contribution is 0.685. The number of alkyl halides is 1. The Morgan fingerprint density at radius 2 is 2.28 bits per heavy atom. The van der Waals surface area contributed by atoms with Crippen molar-refractivity contribution in [3.8, 4) is 0 Å². The fraction of sp³-hybridized carbons (Fsp3) is 0.231. The molecular weight excluding hydrogens is 292 g/mol. The number of benzene rings is 1. The quantitative estimate of drug-likeness (QED) is 0.753. The summed E-state index contributed by atoms with van der Waals surface area (Å²) in [6, 6.07) is 6.48. The molecule has 3 rings (SSSR count). The first-order valence-electron chi connectivity index (χ1n) is 5.84. The van der Waals surface area contributed by atoms with E-state index in [0.717, 1.165) is 18.3 Å². The molecular formula is C13H13BrN4. The molecule has 2 heterocycles. The minimum atomic E-state index is 0.759. The molecule has 0 atom stereocenters. The van der Waals surface area contributed by atoms with Gasteiger partial charge in [0.25, 0.3) is 0 Å². The number of H-pyrrole nitrogens is 1. The molecule has 0 radical (unpaired) electrons. The topological polar surface area (TPSA) is 46.5 Å². The van der Waals surface area contributed by atoms with Crippen molar-refractivity contribution in [2.75, 3.05) is 5.33 Å². The Kier molecular flexibility index (Phi) is 3.15. The van der Waals surface area contributed by atoms with E-state index in [1.54, 1.807) is 12.7 Å². The van der Waals surface area contributed by atoms with Gasteiger partial charge in [0.05, 0.1) is 6.54 Å². The van der Waals surface area contributed by atoms with Crippen LogP contribution in [0.2, 0.25) is 0 Å². The monoisotopic (exact) mass is 304 g/mol. The van der Waals surface area contributed by atoms with Crippen molar-refractivity contribution in [1.82, 2.24) is 19.7 Å². The number of nitrogens with one attached hydrogen (secondary N) is 1. The third-order valence-electron chi connectivity index (χ3n) is 3.01. The van der Waals surface area contributed by atoms with Crippen LogP contribution in [0.3, 0.4) is 0 Å². The van der Waals surface area contributed by atoms with E-state index in [1.165, 1.54) is 22.0 Å². The molecule has 5 heteroatoms. The van der Waals surface area contributed by atoms with E-state index >= 15 is 0 Å². The number of aryl methyl sites for hydroxylation is 1. The highest BCUT2D eigenvalue weighted by molar-refractivity contribution is 9.09. The molecule has 0 saturated heterocycles. The van der Waals surface area contributed by atoms with Gasteiger partial charge in [0.1, 0.15) is 12.7 Å². The normalized spacial score (nSPS) is 11.2. The summed E-state index contributed by atoms with van der Waals surface area (Å²) in [5.74, 6) is 0. The van der Waals surface area contributed by atoms with E-state index in [2.05, 4.69) is 55.4 Å². The van der Waals surface area contributed by atoms with E-state index in [0.29, 0.717) is 0 Å². The number of hydrogen-bond acceptors (Lipinski definition) is 2. The average Bonchev–Trinajstić information content (AvgIpc) is 3.00. The van der Waals surface area contributed by atoms with Crippen molar-refractivity contribution in [3.05, 3.63) is 48.2 Å². The van der Waals surface area contributed by atoms with Crippen molar-refractivity contribution in [1.29, 1.82) is 0 Å². The fourth-order valence-corrected chi connectivity index (χ4v) is 2.56. The largest absolute Gasteiger partial charge is 0.361 e. The smallest absolute Gasteiger partial charge is 0.137 e. The molecule has 0 aliphatic heterocycles. The SMILES string of the molecule is BrCCc1c[nH]c2ccc(Cn3cncn3)cc12. The van der Waals surface area contributed by atoms with Crippen LogP contribution in [0.5, 0.6) is 0 Å². The summed E-state index contributed by atoms with van der Waals surface area (Å²) in [6.45, 7) is 0.759. The molecule has 0 fully saturated rings. The second-order valence-electron chi connectivity index (χ2n) is 4.23. The molecule has 0 bridgehead atoms. The molecule has 0 aliphatic carbocycles. The van der Waals surface area contributed by atoms with E-state index in [-0.39, 0.29) is 0 Å². The Morgan fingerprint density at radius 3 is 3.06 bits per heavy atom. The molecule has 18 heavy (non-hydrogen) atoms. The molecule has 1 N–H and O–H groups in total. The van der Waals surface area contributed by atoms with Gasteiger partial charge in [-0.1, -0.05) is 22.0 Å². The second-order valence-corrected chi connectivity index (χ2v) is 5.02. The Labute approximate surface area is 113 Å². The summed E-state index contributed by atoms with van der Waals surface area (Å²) in [5, 5.41) is 6.41. The molecule has 2 aromatic heterocycles. The van der Waals surface area contributed by atoms with E-state index in [4.69, 9.17) is 0 Å². The minimum absolute atomic E-state index is 0.759. The van der Waals surface area contributed by atoms with Gasteiger partial charge in [-0.15, -0.1) is 0 Å². The van der Waals surface area contributed by atoms with Gasteiger partial charge in [0.15, 0.2) is 0 Å². The average molecular weight is 305 g/mol. The Morgan fingerprint density at radius 1 is 1.33 bits per heavy atom. The predicted molar refractivity (Wildman–Crippen MR) is 74.9 cm³/mol. The molecule has 0 saturated carbocycles. The maximum Gasteiger partial charge on any atom is 0.137 e. The standard InChI is InChI=1S/C13H13BrN4/c14-4-3-11-6-16-13-2-1-10(5-12(11)13)7-18-9-15-8-17-18/h1-2,5-6,8-9,16H,3-4,7H2. The van der Waals surface area contributed by atoms with Gasteiger partial charge in [-0.3, -0.25) is 0 Å². The van der Waals surface area contributed by atoms with Gasteiger partial charge in [0.2, 0.25) is 0 Å². The van der Waals surface area contributed by atoms with Crippen LogP contribution in [0, 0.1) is 0 Å². The zero-order valence-electron chi connectivity index (χ0n) is 9.81. The lowest BCUT2D eigenvalue weighted by Crippen LogP contribution is -1.99. The number of fused-ring (bicyclic) bond motifs is 1. The molecule has 92 valence electrons. The van der Waals surface area contributed by atoms with Gasteiger partial charge >= 0.3 is 0 Å². The van der Waals surface area contributed by atoms with Crippen LogP contribution in [0.25, 0.3) is 10.9 Å². The summed E-state index contributed by atoms with van der Waals surface area (Å²) < 4.78 is 1.83. The first kappa shape index (κ1) is 11.5.